The zero-order valence-corrected chi connectivity index (χ0v) is 14.1. The Morgan fingerprint density at radius 3 is 2.45 bits per heavy atom. The van der Waals surface area contributed by atoms with E-state index in [-0.39, 0.29) is 18.0 Å². The number of carbonyl (C=O) groups is 1. The van der Waals surface area contributed by atoms with Crippen LogP contribution in [0.3, 0.4) is 0 Å². The molecule has 110 valence electrons. The number of amides is 1. The fourth-order valence-corrected chi connectivity index (χ4v) is 2.71. The van der Waals surface area contributed by atoms with Crippen LogP contribution in [0.25, 0.3) is 0 Å². The van der Waals surface area contributed by atoms with E-state index in [1.807, 2.05) is 11.8 Å². The molecule has 1 N–H and O–H groups in total. The summed E-state index contributed by atoms with van der Waals surface area (Å²) < 4.78 is 6.49. The monoisotopic (exact) mass is 388 g/mol. The summed E-state index contributed by atoms with van der Waals surface area (Å²) in [5.74, 6) is 0.158. The molecule has 1 aromatic carbocycles. The number of ether oxygens (including phenoxy) is 1. The molecule has 0 bridgehead atoms. The molecule has 1 amide bonds. The van der Waals surface area contributed by atoms with Gasteiger partial charge in [-0.25, -0.2) is 0 Å². The summed E-state index contributed by atoms with van der Waals surface area (Å²) in [6.07, 6.45) is 0. The zero-order valence-electron chi connectivity index (χ0n) is 11.9. The molecule has 0 aromatic heterocycles. The highest BCUT2D eigenvalue weighted by atomic mass is 127. The van der Waals surface area contributed by atoms with Crippen LogP contribution in [0.5, 0.6) is 0 Å². The third-order valence-corrected chi connectivity index (χ3v) is 4.28. The van der Waals surface area contributed by atoms with Crippen molar-refractivity contribution in [3.63, 3.8) is 0 Å². The number of carbonyl (C=O) groups excluding carboxylic acids is 1. The lowest BCUT2D eigenvalue weighted by Gasteiger charge is -2.30. The van der Waals surface area contributed by atoms with E-state index < -0.39 is 0 Å². The fraction of sp³-hybridized carbons (Fsp3) is 0.533. The van der Waals surface area contributed by atoms with Crippen molar-refractivity contribution in [2.45, 2.75) is 25.9 Å². The highest BCUT2D eigenvalue weighted by Gasteiger charge is 2.23. The molecule has 20 heavy (non-hydrogen) atoms. The molecular formula is C15H21IN2O2. The van der Waals surface area contributed by atoms with E-state index in [0.29, 0.717) is 26.3 Å². The van der Waals surface area contributed by atoms with Crippen molar-refractivity contribution in [3.05, 3.63) is 33.4 Å². The maximum Gasteiger partial charge on any atom is 0.239 e. The Labute approximate surface area is 134 Å². The van der Waals surface area contributed by atoms with E-state index in [1.165, 1.54) is 9.13 Å². The van der Waals surface area contributed by atoms with Gasteiger partial charge in [0.15, 0.2) is 0 Å². The first-order valence-electron chi connectivity index (χ1n) is 6.96. The maximum absolute atomic E-state index is 12.3. The predicted molar refractivity (Wildman–Crippen MR) is 87.6 cm³/mol. The number of nitrogens with zero attached hydrogens (tertiary/aromatic N) is 1. The average molecular weight is 388 g/mol. The van der Waals surface area contributed by atoms with Gasteiger partial charge in [0.05, 0.1) is 19.3 Å². The molecule has 1 aromatic rings. The van der Waals surface area contributed by atoms with Gasteiger partial charge in [0.1, 0.15) is 0 Å². The Bertz CT molecular complexity index is 444. The van der Waals surface area contributed by atoms with Crippen LogP contribution in [0.1, 0.15) is 25.5 Å². The van der Waals surface area contributed by atoms with Gasteiger partial charge in [-0.1, -0.05) is 12.1 Å². The van der Waals surface area contributed by atoms with E-state index in [1.54, 1.807) is 0 Å². The largest absolute Gasteiger partial charge is 0.378 e. The number of hydrogen-bond donors (Lipinski definition) is 1. The second-order valence-corrected chi connectivity index (χ2v) is 6.34. The second kappa shape index (κ2) is 7.38. The summed E-state index contributed by atoms with van der Waals surface area (Å²) >= 11 is 2.29. The van der Waals surface area contributed by atoms with Crippen molar-refractivity contribution in [3.8, 4) is 0 Å². The molecular weight excluding hydrogens is 367 g/mol. The van der Waals surface area contributed by atoms with Crippen LogP contribution in [0.15, 0.2) is 24.3 Å². The molecule has 2 unspecified atom stereocenters. The van der Waals surface area contributed by atoms with E-state index in [9.17, 15) is 4.79 Å². The highest BCUT2D eigenvalue weighted by molar-refractivity contribution is 14.1. The topological polar surface area (TPSA) is 41.6 Å². The van der Waals surface area contributed by atoms with Gasteiger partial charge in [-0.15, -0.1) is 0 Å². The number of nitrogens with one attached hydrogen (secondary N) is 1. The Kier molecular flexibility index (Phi) is 5.80. The van der Waals surface area contributed by atoms with Crippen molar-refractivity contribution < 1.29 is 9.53 Å². The summed E-state index contributed by atoms with van der Waals surface area (Å²) in [5, 5.41) is 3.38. The van der Waals surface area contributed by atoms with E-state index in [0.717, 1.165) is 0 Å². The normalized spacial score (nSPS) is 18.6. The molecule has 2 rings (SSSR count). The van der Waals surface area contributed by atoms with Crippen LogP contribution in [0, 0.1) is 3.57 Å². The van der Waals surface area contributed by atoms with Gasteiger partial charge in [0.25, 0.3) is 0 Å². The number of benzene rings is 1. The Morgan fingerprint density at radius 2 is 1.85 bits per heavy atom. The number of morpholine rings is 1. The molecule has 1 fully saturated rings. The quantitative estimate of drug-likeness (QED) is 0.805. The van der Waals surface area contributed by atoms with Gasteiger partial charge in [-0.3, -0.25) is 10.1 Å². The molecule has 1 aliphatic heterocycles. The molecule has 5 heteroatoms. The smallest absolute Gasteiger partial charge is 0.239 e. The average Bonchev–Trinajstić information content (AvgIpc) is 2.48. The predicted octanol–water partition coefficient (Wildman–Crippen LogP) is 2.19. The second-order valence-electron chi connectivity index (χ2n) is 5.10. The summed E-state index contributed by atoms with van der Waals surface area (Å²) in [4.78, 5) is 14.2. The SMILES string of the molecule is CC(NC(C)c1ccc(I)cc1)C(=O)N1CCOCC1. The van der Waals surface area contributed by atoms with Crippen molar-refractivity contribution in [1.29, 1.82) is 0 Å². The fourth-order valence-electron chi connectivity index (χ4n) is 2.35. The molecule has 0 radical (unpaired) electrons. The molecule has 1 heterocycles. The lowest BCUT2D eigenvalue weighted by molar-refractivity contribution is -0.137. The summed E-state index contributed by atoms with van der Waals surface area (Å²) in [6, 6.07) is 8.36. The minimum absolute atomic E-state index is 0.158. The third-order valence-electron chi connectivity index (χ3n) is 3.56. The first kappa shape index (κ1) is 15.7. The van der Waals surface area contributed by atoms with Gasteiger partial charge in [0, 0.05) is 22.7 Å². The van der Waals surface area contributed by atoms with Crippen LogP contribution in [-0.2, 0) is 9.53 Å². The van der Waals surface area contributed by atoms with Gasteiger partial charge in [0.2, 0.25) is 5.91 Å². The van der Waals surface area contributed by atoms with Crippen molar-refractivity contribution in [2.24, 2.45) is 0 Å². The van der Waals surface area contributed by atoms with Crippen molar-refractivity contribution in [2.75, 3.05) is 26.3 Å². The Hall–Kier alpha value is -0.660. The third kappa shape index (κ3) is 4.17. The molecule has 0 spiro atoms. The summed E-state index contributed by atoms with van der Waals surface area (Å²) in [5.41, 5.74) is 1.20. The van der Waals surface area contributed by atoms with E-state index >= 15 is 0 Å². The van der Waals surface area contributed by atoms with Crippen LogP contribution in [0.2, 0.25) is 0 Å². The lowest BCUT2D eigenvalue weighted by atomic mass is 10.1. The Balaban J connectivity index is 1.91. The van der Waals surface area contributed by atoms with Gasteiger partial charge in [-0.05, 0) is 54.1 Å². The molecule has 1 saturated heterocycles. The number of halogens is 1. The minimum Gasteiger partial charge on any atom is -0.378 e. The van der Waals surface area contributed by atoms with E-state index in [2.05, 4.69) is 59.1 Å². The van der Waals surface area contributed by atoms with Crippen LogP contribution in [-0.4, -0.2) is 43.2 Å². The summed E-state index contributed by atoms with van der Waals surface area (Å²) in [6.45, 7) is 6.70. The number of hydrogen-bond acceptors (Lipinski definition) is 3. The molecule has 0 aliphatic carbocycles. The molecule has 1 aliphatic rings. The lowest BCUT2D eigenvalue weighted by Crippen LogP contribution is -2.49. The molecule has 4 nitrogen and oxygen atoms in total. The Morgan fingerprint density at radius 1 is 1.25 bits per heavy atom. The van der Waals surface area contributed by atoms with Crippen molar-refractivity contribution in [1.82, 2.24) is 10.2 Å². The van der Waals surface area contributed by atoms with Gasteiger partial charge in [-0.2, -0.15) is 0 Å². The first-order chi connectivity index (χ1) is 9.58. The minimum atomic E-state index is -0.178. The molecule has 2 atom stereocenters. The van der Waals surface area contributed by atoms with Crippen molar-refractivity contribution >= 4 is 28.5 Å². The maximum atomic E-state index is 12.3. The van der Waals surface area contributed by atoms with Gasteiger partial charge < -0.3 is 9.64 Å². The number of rotatable bonds is 4. The zero-order chi connectivity index (χ0) is 14.5. The van der Waals surface area contributed by atoms with E-state index in [4.69, 9.17) is 4.74 Å². The first-order valence-corrected chi connectivity index (χ1v) is 8.04. The van der Waals surface area contributed by atoms with Crippen LogP contribution < -0.4 is 5.32 Å². The van der Waals surface area contributed by atoms with Crippen LogP contribution >= 0.6 is 22.6 Å². The van der Waals surface area contributed by atoms with Crippen LogP contribution in [0.4, 0.5) is 0 Å². The standard InChI is InChI=1S/C15H21IN2O2/c1-11(13-3-5-14(16)6-4-13)17-12(2)15(19)18-7-9-20-10-8-18/h3-6,11-12,17H,7-10H2,1-2H3. The highest BCUT2D eigenvalue weighted by Crippen LogP contribution is 2.15. The molecule has 0 saturated carbocycles. The summed E-state index contributed by atoms with van der Waals surface area (Å²) in [7, 11) is 0. The van der Waals surface area contributed by atoms with Gasteiger partial charge >= 0.3 is 0 Å².